The van der Waals surface area contributed by atoms with Crippen molar-refractivity contribution < 1.29 is 23.9 Å². The summed E-state index contributed by atoms with van der Waals surface area (Å²) in [6.07, 6.45) is 5.30. The summed E-state index contributed by atoms with van der Waals surface area (Å²) >= 11 is 5.88. The second-order valence-corrected chi connectivity index (χ2v) is 9.21. The van der Waals surface area contributed by atoms with Crippen LogP contribution in [0.5, 0.6) is 11.5 Å². The molecule has 4 rings (SSSR count). The molecule has 0 bridgehead atoms. The Bertz CT molecular complexity index is 1460. The Morgan fingerprint density at radius 1 is 0.974 bits per heavy atom. The Labute approximate surface area is 223 Å². The van der Waals surface area contributed by atoms with Crippen LogP contribution in [0.3, 0.4) is 0 Å². The van der Waals surface area contributed by atoms with Crippen LogP contribution in [-0.2, 0) is 9.59 Å². The summed E-state index contributed by atoms with van der Waals surface area (Å²) in [7, 11) is 0. The zero-order valence-corrected chi connectivity index (χ0v) is 21.5. The molecular formula is C27H27ClFN5O4. The third-order valence-corrected chi connectivity index (χ3v) is 6.18. The molecule has 11 heteroatoms. The van der Waals surface area contributed by atoms with Gasteiger partial charge in [0, 0.05) is 40.9 Å². The number of hydroxylamine groups is 1. The average Bonchev–Trinajstić information content (AvgIpc) is 3.28. The SMILES string of the molecule is Cc1nnc2ccc(-c3cc(NC(=O)CCCCCCC(=O)NO)ccc3Oc3ccc(Cl)cc3F)cn12. The van der Waals surface area contributed by atoms with Gasteiger partial charge in [0.25, 0.3) is 0 Å². The molecule has 2 heterocycles. The van der Waals surface area contributed by atoms with Gasteiger partial charge in [-0.2, -0.15) is 0 Å². The molecule has 2 amide bonds. The van der Waals surface area contributed by atoms with Crippen molar-refractivity contribution in [1.29, 1.82) is 0 Å². The molecule has 38 heavy (non-hydrogen) atoms. The summed E-state index contributed by atoms with van der Waals surface area (Å²) in [5, 5.41) is 19.9. The van der Waals surface area contributed by atoms with Crippen LogP contribution in [0.25, 0.3) is 16.8 Å². The molecule has 9 nitrogen and oxygen atoms in total. The van der Waals surface area contributed by atoms with E-state index in [0.717, 1.165) is 18.4 Å². The zero-order chi connectivity index (χ0) is 27.1. The van der Waals surface area contributed by atoms with Crippen molar-refractivity contribution in [3.8, 4) is 22.6 Å². The van der Waals surface area contributed by atoms with Gasteiger partial charge >= 0.3 is 0 Å². The van der Waals surface area contributed by atoms with E-state index >= 15 is 0 Å². The van der Waals surface area contributed by atoms with Gasteiger partial charge < -0.3 is 10.1 Å². The summed E-state index contributed by atoms with van der Waals surface area (Å²) in [6, 6.07) is 13.0. The van der Waals surface area contributed by atoms with E-state index in [2.05, 4.69) is 15.5 Å². The average molecular weight is 540 g/mol. The van der Waals surface area contributed by atoms with Crippen molar-refractivity contribution in [3.05, 3.63) is 71.4 Å². The van der Waals surface area contributed by atoms with Gasteiger partial charge in [0.15, 0.2) is 17.2 Å². The van der Waals surface area contributed by atoms with E-state index in [9.17, 15) is 14.0 Å². The van der Waals surface area contributed by atoms with Crippen LogP contribution in [0.1, 0.15) is 44.3 Å². The maximum Gasteiger partial charge on any atom is 0.243 e. The molecule has 0 aliphatic carbocycles. The van der Waals surface area contributed by atoms with E-state index in [1.165, 1.54) is 12.1 Å². The number of nitrogens with one attached hydrogen (secondary N) is 2. The Kier molecular flexibility index (Phi) is 8.88. The third-order valence-electron chi connectivity index (χ3n) is 5.94. The van der Waals surface area contributed by atoms with Crippen LogP contribution in [0.4, 0.5) is 10.1 Å². The number of unbranched alkanes of at least 4 members (excludes halogenated alkanes) is 3. The molecule has 0 unspecified atom stereocenters. The number of hydrogen-bond donors (Lipinski definition) is 3. The second-order valence-electron chi connectivity index (χ2n) is 8.78. The molecule has 0 aliphatic heterocycles. The number of anilines is 1. The minimum Gasteiger partial charge on any atom is -0.454 e. The van der Waals surface area contributed by atoms with Gasteiger partial charge in [-0.15, -0.1) is 10.2 Å². The number of nitrogens with zero attached hydrogens (tertiary/aromatic N) is 3. The van der Waals surface area contributed by atoms with Crippen LogP contribution in [0.15, 0.2) is 54.7 Å². The number of amides is 2. The Morgan fingerprint density at radius 3 is 2.45 bits per heavy atom. The van der Waals surface area contributed by atoms with E-state index in [0.29, 0.717) is 47.7 Å². The summed E-state index contributed by atoms with van der Waals surface area (Å²) in [5.74, 6) is -0.0425. The quantitative estimate of drug-likeness (QED) is 0.121. The number of halogens is 2. The van der Waals surface area contributed by atoms with Crippen LogP contribution in [0, 0.1) is 12.7 Å². The van der Waals surface area contributed by atoms with Crippen molar-refractivity contribution >= 4 is 34.7 Å². The fraction of sp³-hybridized carbons (Fsp3) is 0.259. The van der Waals surface area contributed by atoms with Gasteiger partial charge in [-0.25, -0.2) is 9.87 Å². The number of aromatic nitrogens is 3. The molecule has 3 N–H and O–H groups in total. The van der Waals surface area contributed by atoms with Crippen LogP contribution in [0.2, 0.25) is 5.02 Å². The number of ether oxygens (including phenoxy) is 1. The number of aryl methyl sites for hydroxylation is 1. The van der Waals surface area contributed by atoms with Gasteiger partial charge in [-0.3, -0.25) is 19.2 Å². The van der Waals surface area contributed by atoms with E-state index in [4.69, 9.17) is 21.5 Å². The Balaban J connectivity index is 1.51. The van der Waals surface area contributed by atoms with Crippen molar-refractivity contribution in [2.24, 2.45) is 0 Å². The highest BCUT2D eigenvalue weighted by Gasteiger charge is 2.15. The molecule has 0 spiro atoms. The topological polar surface area (TPSA) is 118 Å². The molecule has 2 aromatic heterocycles. The summed E-state index contributed by atoms with van der Waals surface area (Å²) in [6.45, 7) is 1.84. The smallest absolute Gasteiger partial charge is 0.243 e. The second kappa shape index (κ2) is 12.5. The first-order valence-electron chi connectivity index (χ1n) is 12.2. The lowest BCUT2D eigenvalue weighted by molar-refractivity contribution is -0.129. The predicted molar refractivity (Wildman–Crippen MR) is 141 cm³/mol. The van der Waals surface area contributed by atoms with Gasteiger partial charge in [-0.05, 0) is 68.3 Å². The highest BCUT2D eigenvalue weighted by atomic mass is 35.5. The van der Waals surface area contributed by atoms with Gasteiger partial charge in [0.2, 0.25) is 11.8 Å². The number of hydrogen-bond acceptors (Lipinski definition) is 6. The molecule has 2 aromatic carbocycles. The first kappa shape index (κ1) is 27.0. The fourth-order valence-electron chi connectivity index (χ4n) is 3.97. The summed E-state index contributed by atoms with van der Waals surface area (Å²) in [5.41, 5.74) is 4.24. The minimum atomic E-state index is -0.595. The molecule has 198 valence electrons. The van der Waals surface area contributed by atoms with Gasteiger partial charge in [0.1, 0.15) is 11.6 Å². The lowest BCUT2D eigenvalue weighted by Gasteiger charge is -2.15. The Hall–Kier alpha value is -4.02. The van der Waals surface area contributed by atoms with E-state index < -0.39 is 11.7 Å². The van der Waals surface area contributed by atoms with E-state index in [-0.39, 0.29) is 23.1 Å². The number of carbonyl (C=O) groups is 2. The largest absolute Gasteiger partial charge is 0.454 e. The van der Waals surface area contributed by atoms with E-state index in [1.54, 1.807) is 29.7 Å². The molecule has 0 radical (unpaired) electrons. The summed E-state index contributed by atoms with van der Waals surface area (Å²) in [4.78, 5) is 23.6. The number of rotatable bonds is 11. The first-order chi connectivity index (χ1) is 18.3. The van der Waals surface area contributed by atoms with Crippen LogP contribution in [-0.4, -0.2) is 31.6 Å². The maximum atomic E-state index is 14.5. The Morgan fingerprint density at radius 2 is 1.71 bits per heavy atom. The molecular weight excluding hydrogens is 513 g/mol. The van der Waals surface area contributed by atoms with Gasteiger partial charge in [-0.1, -0.05) is 24.4 Å². The predicted octanol–water partition coefficient (Wildman–Crippen LogP) is 6.07. The molecule has 0 aliphatic rings. The number of fused-ring (bicyclic) bond motifs is 1. The summed E-state index contributed by atoms with van der Waals surface area (Å²) < 4.78 is 22.2. The zero-order valence-electron chi connectivity index (χ0n) is 20.7. The highest BCUT2D eigenvalue weighted by Crippen LogP contribution is 2.37. The van der Waals surface area contributed by atoms with Crippen LogP contribution >= 0.6 is 11.6 Å². The normalized spacial score (nSPS) is 10.9. The standard InChI is InChI=1S/C27H27ClFN5O4/c1-17-31-32-25-13-8-18(16-34(17)25)21-15-20(30-26(35)6-4-2-3-5-7-27(36)33-37)10-12-23(21)38-24-11-9-19(28)14-22(24)29/h8-16,37H,2-7H2,1H3,(H,30,35)(H,33,36). The maximum absolute atomic E-state index is 14.5. The molecule has 0 fully saturated rings. The number of carbonyl (C=O) groups excluding carboxylic acids is 2. The molecule has 4 aromatic rings. The fourth-order valence-corrected chi connectivity index (χ4v) is 4.13. The number of pyridine rings is 1. The van der Waals surface area contributed by atoms with E-state index in [1.807, 2.05) is 29.7 Å². The molecule has 0 saturated carbocycles. The minimum absolute atomic E-state index is 0.0189. The lowest BCUT2D eigenvalue weighted by Crippen LogP contribution is -2.17. The van der Waals surface area contributed by atoms with Crippen molar-refractivity contribution in [3.63, 3.8) is 0 Å². The van der Waals surface area contributed by atoms with Crippen LogP contribution < -0.4 is 15.5 Å². The van der Waals surface area contributed by atoms with Crippen molar-refractivity contribution in [2.45, 2.75) is 45.4 Å². The number of benzene rings is 2. The molecule has 0 saturated heterocycles. The first-order valence-corrected chi connectivity index (χ1v) is 12.5. The third kappa shape index (κ3) is 6.84. The van der Waals surface area contributed by atoms with Crippen molar-refractivity contribution in [2.75, 3.05) is 5.32 Å². The monoisotopic (exact) mass is 539 g/mol. The lowest BCUT2D eigenvalue weighted by atomic mass is 10.0. The highest BCUT2D eigenvalue weighted by molar-refractivity contribution is 6.30. The molecule has 0 atom stereocenters. The van der Waals surface area contributed by atoms with Gasteiger partial charge in [0.05, 0.1) is 0 Å². The van der Waals surface area contributed by atoms with Crippen molar-refractivity contribution in [1.82, 2.24) is 20.1 Å².